The first-order valence-electron chi connectivity index (χ1n) is 6.14. The van der Waals surface area contributed by atoms with Crippen molar-refractivity contribution in [1.29, 1.82) is 0 Å². The Balaban J connectivity index is 2.31. The molecule has 0 bridgehead atoms. The minimum atomic E-state index is -0.328. The first kappa shape index (κ1) is 16.9. The minimum absolute atomic E-state index is 0.328. The number of carbonyl (C=O) groups is 1. The van der Waals surface area contributed by atoms with E-state index in [9.17, 15) is 4.79 Å². The number of nitrogens with one attached hydrogen (secondary N) is 1. The van der Waals surface area contributed by atoms with Crippen molar-refractivity contribution in [2.75, 3.05) is 19.5 Å². The number of ether oxygens (including phenoxy) is 2. The third-order valence-corrected chi connectivity index (χ3v) is 4.01. The zero-order valence-electron chi connectivity index (χ0n) is 11.7. The Morgan fingerprint density at radius 2 is 1.86 bits per heavy atom. The average Bonchev–Trinajstić information content (AvgIpc) is 2.49. The van der Waals surface area contributed by atoms with Gasteiger partial charge in [-0.2, -0.15) is 0 Å². The van der Waals surface area contributed by atoms with Gasteiger partial charge in [0.1, 0.15) is 0 Å². The Hall–Kier alpha value is -1.43. The molecular formula is C15H12BrCl2NO3. The Kier molecular flexibility index (Phi) is 5.56. The van der Waals surface area contributed by atoms with Gasteiger partial charge in [-0.3, -0.25) is 4.79 Å². The van der Waals surface area contributed by atoms with Gasteiger partial charge in [0.15, 0.2) is 11.5 Å². The SMILES string of the molecule is COc1cc(C(=O)Nc2ccc(Cl)cc2Cl)cc(Br)c1OC. The maximum absolute atomic E-state index is 12.4. The van der Waals surface area contributed by atoms with E-state index in [-0.39, 0.29) is 5.91 Å². The lowest BCUT2D eigenvalue weighted by Gasteiger charge is -2.12. The van der Waals surface area contributed by atoms with E-state index in [1.165, 1.54) is 14.2 Å². The molecule has 4 nitrogen and oxygen atoms in total. The largest absolute Gasteiger partial charge is 0.493 e. The lowest BCUT2D eigenvalue weighted by atomic mass is 10.2. The molecule has 0 aliphatic heterocycles. The third-order valence-electron chi connectivity index (χ3n) is 2.88. The maximum Gasteiger partial charge on any atom is 0.255 e. The summed E-state index contributed by atoms with van der Waals surface area (Å²) in [5.74, 6) is 0.638. The number of amides is 1. The molecule has 0 atom stereocenters. The van der Waals surface area contributed by atoms with Crippen molar-refractivity contribution < 1.29 is 14.3 Å². The number of methoxy groups -OCH3 is 2. The number of benzene rings is 2. The highest BCUT2D eigenvalue weighted by Crippen LogP contribution is 2.36. The summed E-state index contributed by atoms with van der Waals surface area (Å²) >= 11 is 15.2. The fourth-order valence-electron chi connectivity index (χ4n) is 1.83. The van der Waals surface area contributed by atoms with Gasteiger partial charge < -0.3 is 14.8 Å². The van der Waals surface area contributed by atoms with Gasteiger partial charge in [-0.1, -0.05) is 23.2 Å². The Morgan fingerprint density at radius 1 is 1.14 bits per heavy atom. The second-order valence-electron chi connectivity index (χ2n) is 4.27. The molecule has 0 fully saturated rings. The van der Waals surface area contributed by atoms with Crippen LogP contribution in [0.1, 0.15) is 10.4 Å². The van der Waals surface area contributed by atoms with Crippen molar-refractivity contribution in [2.24, 2.45) is 0 Å². The Morgan fingerprint density at radius 3 is 2.45 bits per heavy atom. The highest BCUT2D eigenvalue weighted by molar-refractivity contribution is 9.10. The van der Waals surface area contributed by atoms with Gasteiger partial charge in [-0.15, -0.1) is 0 Å². The van der Waals surface area contributed by atoms with Crippen LogP contribution < -0.4 is 14.8 Å². The summed E-state index contributed by atoms with van der Waals surface area (Å²) in [6, 6.07) is 8.07. The van der Waals surface area contributed by atoms with Gasteiger partial charge in [0.05, 0.1) is 29.4 Å². The van der Waals surface area contributed by atoms with Crippen molar-refractivity contribution in [2.45, 2.75) is 0 Å². The molecule has 0 aromatic heterocycles. The van der Waals surface area contributed by atoms with Crippen LogP contribution in [0.4, 0.5) is 5.69 Å². The molecule has 1 N–H and O–H groups in total. The number of halogens is 3. The lowest BCUT2D eigenvalue weighted by Crippen LogP contribution is -2.12. The average molecular weight is 405 g/mol. The molecule has 0 heterocycles. The molecule has 2 aromatic rings. The molecule has 0 spiro atoms. The van der Waals surface area contributed by atoms with Crippen molar-refractivity contribution in [1.82, 2.24) is 0 Å². The van der Waals surface area contributed by atoms with Crippen LogP contribution in [0.5, 0.6) is 11.5 Å². The van der Waals surface area contributed by atoms with Gasteiger partial charge in [0.2, 0.25) is 0 Å². The first-order valence-corrected chi connectivity index (χ1v) is 7.69. The number of hydrogen-bond donors (Lipinski definition) is 1. The molecule has 2 rings (SSSR count). The quantitative estimate of drug-likeness (QED) is 0.777. The fraction of sp³-hybridized carbons (Fsp3) is 0.133. The zero-order chi connectivity index (χ0) is 16.3. The summed E-state index contributed by atoms with van der Waals surface area (Å²) in [5.41, 5.74) is 0.873. The van der Waals surface area contributed by atoms with Crippen molar-refractivity contribution in [3.63, 3.8) is 0 Å². The maximum atomic E-state index is 12.4. The van der Waals surface area contributed by atoms with Gasteiger partial charge in [0, 0.05) is 10.6 Å². The second kappa shape index (κ2) is 7.22. The van der Waals surface area contributed by atoms with Crippen LogP contribution in [-0.2, 0) is 0 Å². The predicted octanol–water partition coefficient (Wildman–Crippen LogP) is 5.03. The molecule has 22 heavy (non-hydrogen) atoms. The summed E-state index contributed by atoms with van der Waals surface area (Å²) in [6.45, 7) is 0. The van der Waals surface area contributed by atoms with Crippen LogP contribution in [0.2, 0.25) is 10.0 Å². The zero-order valence-corrected chi connectivity index (χ0v) is 14.8. The molecule has 0 unspecified atom stereocenters. The third kappa shape index (κ3) is 3.66. The van der Waals surface area contributed by atoms with Crippen LogP contribution in [0.25, 0.3) is 0 Å². The summed E-state index contributed by atoms with van der Waals surface area (Å²) in [6.07, 6.45) is 0. The first-order chi connectivity index (χ1) is 10.5. The van der Waals surface area contributed by atoms with Crippen LogP contribution in [0, 0.1) is 0 Å². The van der Waals surface area contributed by atoms with Gasteiger partial charge in [-0.05, 0) is 46.3 Å². The Bertz CT molecular complexity index is 722. The molecule has 116 valence electrons. The highest BCUT2D eigenvalue weighted by atomic mass is 79.9. The normalized spacial score (nSPS) is 10.2. The van der Waals surface area contributed by atoms with Crippen LogP contribution in [0.15, 0.2) is 34.8 Å². The van der Waals surface area contributed by atoms with Gasteiger partial charge in [0.25, 0.3) is 5.91 Å². The van der Waals surface area contributed by atoms with E-state index >= 15 is 0 Å². The topological polar surface area (TPSA) is 47.6 Å². The van der Waals surface area contributed by atoms with Gasteiger partial charge in [-0.25, -0.2) is 0 Å². The van der Waals surface area contributed by atoms with Gasteiger partial charge >= 0.3 is 0 Å². The van der Waals surface area contributed by atoms with Crippen molar-refractivity contribution >= 4 is 50.7 Å². The second-order valence-corrected chi connectivity index (χ2v) is 5.97. The van der Waals surface area contributed by atoms with Crippen molar-refractivity contribution in [3.05, 3.63) is 50.4 Å². The van der Waals surface area contributed by atoms with E-state index in [1.54, 1.807) is 30.3 Å². The lowest BCUT2D eigenvalue weighted by molar-refractivity contribution is 0.102. The van der Waals surface area contributed by atoms with Crippen LogP contribution in [0.3, 0.4) is 0 Å². The minimum Gasteiger partial charge on any atom is -0.493 e. The van der Waals surface area contributed by atoms with Crippen LogP contribution in [-0.4, -0.2) is 20.1 Å². The summed E-state index contributed by atoms with van der Waals surface area (Å²) in [4.78, 5) is 12.4. The fourth-order valence-corrected chi connectivity index (χ4v) is 2.89. The summed E-state index contributed by atoms with van der Waals surface area (Å²) in [5, 5.41) is 3.58. The molecule has 0 saturated carbocycles. The predicted molar refractivity (Wildman–Crippen MR) is 91.7 cm³/mol. The summed E-state index contributed by atoms with van der Waals surface area (Å²) in [7, 11) is 3.03. The molecule has 0 saturated heterocycles. The van der Waals surface area contributed by atoms with Crippen LogP contribution >= 0.6 is 39.1 Å². The van der Waals surface area contributed by atoms with Crippen molar-refractivity contribution in [3.8, 4) is 11.5 Å². The molecule has 0 aliphatic carbocycles. The standard InChI is InChI=1S/C15H12BrCl2NO3/c1-21-13-6-8(5-10(16)14(13)22-2)15(20)19-12-4-3-9(17)7-11(12)18/h3-7H,1-2H3,(H,19,20). The number of anilines is 1. The number of hydrogen-bond acceptors (Lipinski definition) is 3. The molecule has 0 radical (unpaired) electrons. The number of rotatable bonds is 4. The monoisotopic (exact) mass is 403 g/mol. The molecule has 7 heteroatoms. The summed E-state index contributed by atoms with van der Waals surface area (Å²) < 4.78 is 11.0. The van der Waals surface area contributed by atoms with E-state index < -0.39 is 0 Å². The molecule has 0 aliphatic rings. The molecule has 1 amide bonds. The molecular weight excluding hydrogens is 393 g/mol. The van der Waals surface area contributed by atoms with E-state index in [2.05, 4.69) is 21.2 Å². The smallest absolute Gasteiger partial charge is 0.255 e. The Labute approximate surface area is 146 Å². The van der Waals surface area contributed by atoms with E-state index in [0.717, 1.165) is 0 Å². The van der Waals surface area contributed by atoms with E-state index in [1.807, 2.05) is 0 Å². The van der Waals surface area contributed by atoms with E-state index in [0.29, 0.717) is 37.3 Å². The highest BCUT2D eigenvalue weighted by Gasteiger charge is 2.16. The molecule has 2 aromatic carbocycles. The van der Waals surface area contributed by atoms with E-state index in [4.69, 9.17) is 32.7 Å². The number of carbonyl (C=O) groups excluding carboxylic acids is 1.